The molecule has 0 heterocycles. The molecule has 0 spiro atoms. The number of fused-ring (bicyclic) bond motifs is 1. The number of hydrogen-bond donors (Lipinski definition) is 1. The van der Waals surface area contributed by atoms with Crippen molar-refractivity contribution in [2.45, 2.75) is 6.36 Å². The first-order valence-corrected chi connectivity index (χ1v) is 7.46. The van der Waals surface area contributed by atoms with E-state index in [9.17, 15) is 18.0 Å². The summed E-state index contributed by atoms with van der Waals surface area (Å²) < 4.78 is 41.6. The lowest BCUT2D eigenvalue weighted by Gasteiger charge is -2.14. The Kier molecular flexibility index (Phi) is 4.50. The topological polar surface area (TPSA) is 62.1 Å². The smallest absolute Gasteiger partial charge is 0.404 e. The fraction of sp³-hybridized carbons (Fsp3) is 0.0526. The van der Waals surface area contributed by atoms with Crippen molar-refractivity contribution in [3.05, 3.63) is 71.8 Å². The molecule has 130 valence electrons. The molecule has 3 aromatic rings. The molecule has 0 bridgehead atoms. The Balaban J connectivity index is 1.91. The van der Waals surface area contributed by atoms with Crippen LogP contribution in [-0.4, -0.2) is 12.3 Å². The number of benzene rings is 3. The van der Waals surface area contributed by atoms with Crippen LogP contribution in [0.1, 0.15) is 15.9 Å². The van der Waals surface area contributed by atoms with Gasteiger partial charge in [0.1, 0.15) is 0 Å². The molecule has 7 heteroatoms. The molecule has 3 rings (SSSR count). The van der Waals surface area contributed by atoms with E-state index in [0.29, 0.717) is 0 Å². The van der Waals surface area contributed by atoms with E-state index in [0.717, 1.165) is 16.8 Å². The van der Waals surface area contributed by atoms with Gasteiger partial charge in [0.2, 0.25) is 0 Å². The average molecular weight is 356 g/mol. The lowest BCUT2D eigenvalue weighted by atomic mass is 10.1. The Labute approximate surface area is 146 Å². The lowest BCUT2D eigenvalue weighted by Crippen LogP contribution is -2.19. The number of ether oxygens (including phenoxy) is 1. The molecule has 0 atom stereocenters. The Bertz CT molecular complexity index is 1020. The maximum absolute atomic E-state index is 12.6. The quantitative estimate of drug-likeness (QED) is 0.729. The molecule has 4 nitrogen and oxygen atoms in total. The number of rotatable bonds is 3. The van der Waals surface area contributed by atoms with Gasteiger partial charge in [0.25, 0.3) is 5.91 Å². The largest absolute Gasteiger partial charge is 0.573 e. The van der Waals surface area contributed by atoms with Gasteiger partial charge in [-0.2, -0.15) is 5.26 Å². The van der Waals surface area contributed by atoms with Crippen LogP contribution in [0.3, 0.4) is 0 Å². The molecule has 1 amide bonds. The third kappa shape index (κ3) is 3.92. The fourth-order valence-electron chi connectivity index (χ4n) is 2.43. The Hall–Kier alpha value is -3.53. The number of nitriles is 1. The van der Waals surface area contributed by atoms with Crippen LogP contribution >= 0.6 is 0 Å². The summed E-state index contributed by atoms with van der Waals surface area (Å²) in [5.41, 5.74) is 0.0819. The van der Waals surface area contributed by atoms with Gasteiger partial charge in [-0.3, -0.25) is 4.79 Å². The summed E-state index contributed by atoms with van der Waals surface area (Å²) in [6, 6.07) is 17.5. The summed E-state index contributed by atoms with van der Waals surface area (Å²) in [4.78, 5) is 12.4. The number of carbonyl (C=O) groups excluding carboxylic acids is 1. The second-order valence-corrected chi connectivity index (χ2v) is 5.39. The van der Waals surface area contributed by atoms with Crippen molar-refractivity contribution in [1.29, 1.82) is 5.26 Å². The van der Waals surface area contributed by atoms with E-state index in [2.05, 4.69) is 10.1 Å². The molecule has 0 aliphatic carbocycles. The van der Waals surface area contributed by atoms with Gasteiger partial charge in [0, 0.05) is 11.6 Å². The van der Waals surface area contributed by atoms with Crippen molar-refractivity contribution in [3.8, 4) is 11.8 Å². The zero-order chi connectivity index (χ0) is 18.7. The minimum absolute atomic E-state index is 0.0204. The fourth-order valence-corrected chi connectivity index (χ4v) is 2.43. The number of hydrogen-bond acceptors (Lipinski definition) is 3. The molecule has 3 aromatic carbocycles. The lowest BCUT2D eigenvalue weighted by molar-refractivity contribution is -0.274. The molecular weight excluding hydrogens is 345 g/mol. The molecule has 0 aromatic heterocycles. The van der Waals surface area contributed by atoms with Gasteiger partial charge in [-0.05, 0) is 35.0 Å². The third-order valence-corrected chi connectivity index (χ3v) is 3.60. The van der Waals surface area contributed by atoms with Crippen LogP contribution in [0, 0.1) is 11.3 Å². The zero-order valence-electron chi connectivity index (χ0n) is 13.2. The monoisotopic (exact) mass is 356 g/mol. The van der Waals surface area contributed by atoms with Crippen molar-refractivity contribution in [2.75, 3.05) is 5.32 Å². The van der Waals surface area contributed by atoms with Gasteiger partial charge in [0.15, 0.2) is 5.75 Å². The minimum Gasteiger partial charge on any atom is -0.404 e. The summed E-state index contributed by atoms with van der Waals surface area (Å²) in [7, 11) is 0. The van der Waals surface area contributed by atoms with Crippen LogP contribution in [0.15, 0.2) is 60.7 Å². The highest BCUT2D eigenvalue weighted by atomic mass is 19.4. The van der Waals surface area contributed by atoms with Crippen molar-refractivity contribution in [2.24, 2.45) is 0 Å². The predicted octanol–water partition coefficient (Wildman–Crippen LogP) is 4.86. The Morgan fingerprint density at radius 1 is 1.00 bits per heavy atom. The summed E-state index contributed by atoms with van der Waals surface area (Å²) in [6.45, 7) is 0. The molecule has 0 saturated carbocycles. The van der Waals surface area contributed by atoms with Gasteiger partial charge in [-0.25, -0.2) is 0 Å². The molecule has 0 aliphatic heterocycles. The van der Waals surface area contributed by atoms with E-state index in [-0.39, 0.29) is 16.8 Å². The highest BCUT2D eigenvalue weighted by Gasteiger charge is 2.32. The second-order valence-electron chi connectivity index (χ2n) is 5.39. The zero-order valence-corrected chi connectivity index (χ0v) is 13.2. The summed E-state index contributed by atoms with van der Waals surface area (Å²) >= 11 is 0. The minimum atomic E-state index is -4.95. The van der Waals surface area contributed by atoms with E-state index in [1.54, 1.807) is 24.3 Å². The summed E-state index contributed by atoms with van der Waals surface area (Å²) in [5, 5.41) is 13.0. The van der Waals surface area contributed by atoms with Gasteiger partial charge in [-0.1, -0.05) is 30.3 Å². The van der Waals surface area contributed by atoms with Crippen molar-refractivity contribution < 1.29 is 22.7 Å². The third-order valence-electron chi connectivity index (χ3n) is 3.60. The van der Waals surface area contributed by atoms with Gasteiger partial charge < -0.3 is 10.1 Å². The second kappa shape index (κ2) is 6.76. The van der Waals surface area contributed by atoms with Crippen molar-refractivity contribution in [1.82, 2.24) is 0 Å². The highest BCUT2D eigenvalue weighted by Crippen LogP contribution is 2.31. The number of carbonyl (C=O) groups is 1. The van der Waals surface area contributed by atoms with E-state index in [1.165, 1.54) is 12.1 Å². The van der Waals surface area contributed by atoms with Gasteiger partial charge in [-0.15, -0.1) is 13.2 Å². The van der Waals surface area contributed by atoms with E-state index in [1.807, 2.05) is 24.3 Å². The predicted molar refractivity (Wildman–Crippen MR) is 89.7 cm³/mol. The van der Waals surface area contributed by atoms with E-state index in [4.69, 9.17) is 5.26 Å². The van der Waals surface area contributed by atoms with E-state index >= 15 is 0 Å². The number of anilines is 1. The number of alkyl halides is 3. The van der Waals surface area contributed by atoms with E-state index < -0.39 is 18.0 Å². The number of nitrogens with one attached hydrogen (secondary N) is 1. The average Bonchev–Trinajstić information content (AvgIpc) is 2.61. The van der Waals surface area contributed by atoms with Crippen LogP contribution in [-0.2, 0) is 0 Å². The molecule has 0 saturated heterocycles. The Morgan fingerprint density at radius 2 is 1.73 bits per heavy atom. The van der Waals surface area contributed by atoms with Crippen LogP contribution < -0.4 is 10.1 Å². The van der Waals surface area contributed by atoms with Crippen molar-refractivity contribution in [3.63, 3.8) is 0 Å². The first-order chi connectivity index (χ1) is 12.4. The van der Waals surface area contributed by atoms with Crippen LogP contribution in [0.4, 0.5) is 18.9 Å². The molecule has 26 heavy (non-hydrogen) atoms. The number of nitrogens with zero attached hydrogens (tertiary/aromatic N) is 1. The molecular formula is C19H11F3N2O2. The maximum atomic E-state index is 12.6. The Morgan fingerprint density at radius 3 is 2.42 bits per heavy atom. The first kappa shape index (κ1) is 17.3. The number of amides is 1. The standard InChI is InChI=1S/C19H11F3N2O2/c20-19(21,22)26-17-9-12(11-23)5-8-16(17)24-18(25)15-7-6-13-3-1-2-4-14(13)10-15/h1-10H,(H,24,25). The van der Waals surface area contributed by atoms with Crippen LogP contribution in [0.5, 0.6) is 5.75 Å². The molecule has 0 radical (unpaired) electrons. The maximum Gasteiger partial charge on any atom is 0.573 e. The summed E-state index contributed by atoms with van der Waals surface area (Å²) in [5.74, 6) is -1.24. The number of halogens is 3. The molecule has 0 aliphatic rings. The van der Waals surface area contributed by atoms with Crippen LogP contribution in [0.2, 0.25) is 0 Å². The van der Waals surface area contributed by atoms with Gasteiger partial charge in [0.05, 0.1) is 17.3 Å². The van der Waals surface area contributed by atoms with Crippen LogP contribution in [0.25, 0.3) is 10.8 Å². The van der Waals surface area contributed by atoms with Gasteiger partial charge >= 0.3 is 6.36 Å². The molecule has 0 fully saturated rings. The highest BCUT2D eigenvalue weighted by molar-refractivity contribution is 6.07. The first-order valence-electron chi connectivity index (χ1n) is 7.46. The molecule has 0 unspecified atom stereocenters. The molecule has 1 N–H and O–H groups in total. The normalized spacial score (nSPS) is 11.0. The SMILES string of the molecule is N#Cc1ccc(NC(=O)c2ccc3ccccc3c2)c(OC(F)(F)F)c1. The van der Waals surface area contributed by atoms with Crippen molar-refractivity contribution >= 4 is 22.4 Å². The summed E-state index contributed by atoms with van der Waals surface area (Å²) in [6.07, 6.45) is -4.95.